The minimum Gasteiger partial charge on any atom is -0.368 e. The van der Waals surface area contributed by atoms with Crippen LogP contribution >= 0.6 is 11.6 Å². The number of rotatable bonds is 4. The Morgan fingerprint density at radius 2 is 2.10 bits per heavy atom. The van der Waals surface area contributed by atoms with Crippen LogP contribution in [-0.4, -0.2) is 61.9 Å². The van der Waals surface area contributed by atoms with Crippen molar-refractivity contribution in [1.82, 2.24) is 24.3 Å². The number of imidazole rings is 1. The molecular formula is C19H19ClFN7O. The third-order valence-corrected chi connectivity index (χ3v) is 5.79. The molecule has 2 N–H and O–H groups in total. The molecule has 1 amide bonds. The fourth-order valence-corrected chi connectivity index (χ4v) is 4.04. The molecule has 0 bridgehead atoms. The van der Waals surface area contributed by atoms with E-state index in [0.29, 0.717) is 35.6 Å². The molecule has 0 aromatic carbocycles. The molecule has 4 heterocycles. The predicted molar refractivity (Wildman–Crippen MR) is 106 cm³/mol. The minimum atomic E-state index is -0.531. The molecule has 2 aliphatic rings. The largest absolute Gasteiger partial charge is 0.368 e. The van der Waals surface area contributed by atoms with Gasteiger partial charge in [-0.25, -0.2) is 19.3 Å². The smallest absolute Gasteiger partial charge is 0.236 e. The maximum absolute atomic E-state index is 13.7. The summed E-state index contributed by atoms with van der Waals surface area (Å²) >= 11 is 5.93. The summed E-state index contributed by atoms with van der Waals surface area (Å²) in [6.45, 7) is 2.01. The highest BCUT2D eigenvalue weighted by Gasteiger charge is 2.40. The highest BCUT2D eigenvalue weighted by Crippen LogP contribution is 2.31. The lowest BCUT2D eigenvalue weighted by Gasteiger charge is -2.40. The molecule has 10 heteroatoms. The number of piperazine rings is 1. The number of amides is 1. The van der Waals surface area contributed by atoms with Gasteiger partial charge in [-0.1, -0.05) is 11.6 Å². The van der Waals surface area contributed by atoms with Gasteiger partial charge < -0.3 is 10.6 Å². The van der Waals surface area contributed by atoms with Gasteiger partial charge in [0.05, 0.1) is 11.2 Å². The Balaban J connectivity index is 1.46. The molecule has 2 fully saturated rings. The summed E-state index contributed by atoms with van der Waals surface area (Å²) in [6, 6.07) is 3.22. The van der Waals surface area contributed by atoms with Crippen LogP contribution in [0.1, 0.15) is 12.8 Å². The third kappa shape index (κ3) is 3.30. The maximum Gasteiger partial charge on any atom is 0.236 e. The van der Waals surface area contributed by atoms with E-state index in [0.717, 1.165) is 25.9 Å². The van der Waals surface area contributed by atoms with Crippen LogP contribution in [-0.2, 0) is 4.79 Å². The van der Waals surface area contributed by atoms with E-state index in [1.54, 1.807) is 16.8 Å². The molecule has 0 radical (unpaired) electrons. The number of nitrogens with two attached hydrogens (primary N) is 1. The van der Waals surface area contributed by atoms with Crippen LogP contribution in [0.4, 0.5) is 10.2 Å². The molecule has 29 heavy (non-hydrogen) atoms. The van der Waals surface area contributed by atoms with Gasteiger partial charge in [-0.3, -0.25) is 14.1 Å². The maximum atomic E-state index is 13.7. The van der Waals surface area contributed by atoms with Crippen LogP contribution in [0, 0.1) is 5.82 Å². The Kier molecular flexibility index (Phi) is 4.36. The fraction of sp³-hybridized carbons (Fsp3) is 0.368. The zero-order chi connectivity index (χ0) is 20.1. The molecular weight excluding hydrogens is 397 g/mol. The molecule has 5 rings (SSSR count). The number of carbonyl (C=O) groups excluding carboxylic acids is 1. The summed E-state index contributed by atoms with van der Waals surface area (Å²) in [7, 11) is 0. The molecule has 1 saturated heterocycles. The number of carbonyl (C=O) groups is 1. The lowest BCUT2D eigenvalue weighted by Crippen LogP contribution is -2.59. The van der Waals surface area contributed by atoms with Crippen LogP contribution in [0.15, 0.2) is 30.7 Å². The van der Waals surface area contributed by atoms with Gasteiger partial charge in [0.25, 0.3) is 0 Å². The Labute approximate surface area is 171 Å². The zero-order valence-corrected chi connectivity index (χ0v) is 16.3. The molecule has 150 valence electrons. The van der Waals surface area contributed by atoms with E-state index in [-0.39, 0.29) is 17.0 Å². The third-order valence-electron chi connectivity index (χ3n) is 5.51. The quantitative estimate of drug-likeness (QED) is 0.697. The number of pyridine rings is 1. The number of primary amides is 1. The van der Waals surface area contributed by atoms with Crippen molar-refractivity contribution in [2.45, 2.75) is 24.9 Å². The van der Waals surface area contributed by atoms with E-state index in [1.807, 2.05) is 6.07 Å². The molecule has 3 aromatic rings. The summed E-state index contributed by atoms with van der Waals surface area (Å²) in [6.07, 6.45) is 6.95. The second-order valence-electron chi connectivity index (χ2n) is 7.41. The number of fused-ring (bicyclic) bond motifs is 1. The lowest BCUT2D eigenvalue weighted by molar-refractivity contribution is -0.123. The van der Waals surface area contributed by atoms with Gasteiger partial charge in [-0.15, -0.1) is 0 Å². The number of aromatic nitrogens is 4. The van der Waals surface area contributed by atoms with Crippen molar-refractivity contribution in [3.8, 4) is 11.5 Å². The fourth-order valence-electron chi connectivity index (χ4n) is 3.89. The molecule has 3 aromatic heterocycles. The minimum absolute atomic E-state index is 0.00611. The molecule has 1 aliphatic heterocycles. The first-order valence-electron chi connectivity index (χ1n) is 9.47. The second kappa shape index (κ2) is 6.93. The van der Waals surface area contributed by atoms with E-state index < -0.39 is 5.82 Å². The monoisotopic (exact) mass is 415 g/mol. The summed E-state index contributed by atoms with van der Waals surface area (Å²) in [5.41, 5.74) is 6.69. The molecule has 1 saturated carbocycles. The van der Waals surface area contributed by atoms with Crippen molar-refractivity contribution in [1.29, 1.82) is 0 Å². The van der Waals surface area contributed by atoms with Gasteiger partial charge in [0, 0.05) is 44.1 Å². The topological polar surface area (TPSA) is 92.7 Å². The predicted octanol–water partition coefficient (Wildman–Crippen LogP) is 1.72. The summed E-state index contributed by atoms with van der Waals surface area (Å²) < 4.78 is 15.4. The summed E-state index contributed by atoms with van der Waals surface area (Å²) in [4.78, 5) is 29.5. The van der Waals surface area contributed by atoms with E-state index >= 15 is 0 Å². The zero-order valence-electron chi connectivity index (χ0n) is 15.5. The van der Waals surface area contributed by atoms with Crippen LogP contribution in [0.25, 0.3) is 17.2 Å². The molecule has 0 spiro atoms. The molecule has 0 unspecified atom stereocenters. The van der Waals surface area contributed by atoms with Gasteiger partial charge in [-0.05, 0) is 18.9 Å². The van der Waals surface area contributed by atoms with Gasteiger partial charge >= 0.3 is 0 Å². The summed E-state index contributed by atoms with van der Waals surface area (Å²) in [5.74, 6) is 0.309. The Hall–Kier alpha value is -2.78. The van der Waals surface area contributed by atoms with Crippen molar-refractivity contribution in [2.24, 2.45) is 5.73 Å². The first-order chi connectivity index (χ1) is 14.0. The van der Waals surface area contributed by atoms with Gasteiger partial charge in [0.2, 0.25) is 5.91 Å². The Morgan fingerprint density at radius 1 is 1.28 bits per heavy atom. The number of hydrogen-bond acceptors (Lipinski definition) is 6. The number of anilines is 1. The molecule has 8 nitrogen and oxygen atoms in total. The first kappa shape index (κ1) is 18.3. The number of hydrogen-bond donors (Lipinski definition) is 1. The average molecular weight is 416 g/mol. The highest BCUT2D eigenvalue weighted by atomic mass is 35.5. The first-order valence-corrected chi connectivity index (χ1v) is 9.84. The lowest BCUT2D eigenvalue weighted by atomic mass is 10.1. The van der Waals surface area contributed by atoms with Crippen LogP contribution < -0.4 is 10.6 Å². The van der Waals surface area contributed by atoms with E-state index in [9.17, 15) is 9.18 Å². The van der Waals surface area contributed by atoms with Crippen molar-refractivity contribution >= 4 is 29.0 Å². The second-order valence-corrected chi connectivity index (χ2v) is 7.82. The van der Waals surface area contributed by atoms with E-state index in [1.165, 1.54) is 12.3 Å². The van der Waals surface area contributed by atoms with Crippen molar-refractivity contribution in [3.63, 3.8) is 0 Å². The molecule has 1 aliphatic carbocycles. The normalized spacial score (nSPS) is 20.3. The number of halogens is 2. The Bertz CT molecular complexity index is 1100. The van der Waals surface area contributed by atoms with Crippen molar-refractivity contribution in [2.75, 3.05) is 24.5 Å². The van der Waals surface area contributed by atoms with E-state index in [2.05, 4.69) is 24.8 Å². The van der Waals surface area contributed by atoms with Crippen molar-refractivity contribution in [3.05, 3.63) is 41.6 Å². The standard InChI is InChI=1S/C19H19ClFN7O/c20-12-9-28-14(8-24-17(28)7-13(12)21)19-23-4-3-16(25-19)26-5-6-27(11-1-2-11)15(10-26)18(22)29/h3-4,7-9,11,15H,1-2,5-6,10H2,(H2,22,29)/t15-/m0/s1. The van der Waals surface area contributed by atoms with Gasteiger partial charge in [0.15, 0.2) is 5.82 Å². The summed E-state index contributed by atoms with van der Waals surface area (Å²) in [5, 5.41) is -0.00611. The average Bonchev–Trinajstić information content (AvgIpc) is 3.49. The van der Waals surface area contributed by atoms with Gasteiger partial charge in [-0.2, -0.15) is 0 Å². The Morgan fingerprint density at radius 3 is 2.86 bits per heavy atom. The number of nitrogens with zero attached hydrogens (tertiary/aromatic N) is 6. The van der Waals surface area contributed by atoms with Crippen molar-refractivity contribution < 1.29 is 9.18 Å². The van der Waals surface area contributed by atoms with Crippen LogP contribution in [0.2, 0.25) is 5.02 Å². The SMILES string of the molecule is NC(=O)[C@@H]1CN(c2ccnc(-c3cnc4cc(F)c(Cl)cn34)n2)CCN1C1CC1. The van der Waals surface area contributed by atoms with Gasteiger partial charge in [0.1, 0.15) is 29.0 Å². The van der Waals surface area contributed by atoms with Crippen LogP contribution in [0.5, 0.6) is 0 Å². The molecule has 1 atom stereocenters. The highest BCUT2D eigenvalue weighted by molar-refractivity contribution is 6.30. The van der Waals surface area contributed by atoms with E-state index in [4.69, 9.17) is 17.3 Å². The van der Waals surface area contributed by atoms with Crippen LogP contribution in [0.3, 0.4) is 0 Å².